The predicted octanol–water partition coefficient (Wildman–Crippen LogP) is 2.89. The Morgan fingerprint density at radius 3 is 2.55 bits per heavy atom. The van der Waals surface area contributed by atoms with Crippen LogP contribution in [0.15, 0.2) is 47.3 Å². The zero-order chi connectivity index (χ0) is 21.1. The van der Waals surface area contributed by atoms with Gasteiger partial charge >= 0.3 is 0 Å². The molecule has 0 aliphatic carbocycles. The van der Waals surface area contributed by atoms with E-state index in [1.165, 1.54) is 23.4 Å². The van der Waals surface area contributed by atoms with Gasteiger partial charge in [0.25, 0.3) is 5.56 Å². The molecule has 3 aromatic rings. The molecule has 150 valence electrons. The lowest BCUT2D eigenvalue weighted by Crippen LogP contribution is -2.36. The first-order valence-electron chi connectivity index (χ1n) is 9.45. The number of rotatable bonds is 5. The van der Waals surface area contributed by atoms with Crippen molar-refractivity contribution in [1.82, 2.24) is 9.55 Å². The Morgan fingerprint density at radius 2 is 1.86 bits per heavy atom. The fraction of sp³-hybridized carbons (Fsp3) is 0.273. The Labute approximate surface area is 169 Å². The minimum absolute atomic E-state index is 0.00543. The normalized spacial score (nSPS) is 10.8. The van der Waals surface area contributed by atoms with Gasteiger partial charge in [0.15, 0.2) is 0 Å². The van der Waals surface area contributed by atoms with Crippen molar-refractivity contribution in [1.29, 1.82) is 0 Å². The lowest BCUT2D eigenvalue weighted by Gasteiger charge is -2.18. The van der Waals surface area contributed by atoms with Crippen molar-refractivity contribution in [3.8, 4) is 0 Å². The van der Waals surface area contributed by atoms with E-state index in [0.29, 0.717) is 11.0 Å². The SMILES string of the molecule is CCc1cccc(C)c1NC(=O)Cn1c(=O)c(N(C)C(C)=O)nc2ccccc21. The number of nitrogens with zero attached hydrogens (tertiary/aromatic N) is 3. The maximum atomic E-state index is 13.0. The van der Waals surface area contributed by atoms with Crippen LogP contribution in [0.5, 0.6) is 0 Å². The van der Waals surface area contributed by atoms with Crippen LogP contribution in [0.3, 0.4) is 0 Å². The van der Waals surface area contributed by atoms with Gasteiger partial charge in [-0.2, -0.15) is 0 Å². The van der Waals surface area contributed by atoms with Gasteiger partial charge < -0.3 is 5.32 Å². The van der Waals surface area contributed by atoms with E-state index in [1.54, 1.807) is 24.3 Å². The Morgan fingerprint density at radius 1 is 1.14 bits per heavy atom. The maximum Gasteiger partial charge on any atom is 0.294 e. The highest BCUT2D eigenvalue weighted by atomic mass is 16.2. The molecule has 0 radical (unpaired) electrons. The van der Waals surface area contributed by atoms with Gasteiger partial charge in [0, 0.05) is 19.7 Å². The molecule has 1 N–H and O–H groups in total. The average molecular weight is 392 g/mol. The van der Waals surface area contributed by atoms with E-state index in [9.17, 15) is 14.4 Å². The molecule has 0 bridgehead atoms. The first kappa shape index (κ1) is 20.3. The number of fused-ring (bicyclic) bond motifs is 1. The van der Waals surface area contributed by atoms with Crippen LogP contribution in [0.25, 0.3) is 11.0 Å². The Hall–Kier alpha value is -3.48. The smallest absolute Gasteiger partial charge is 0.294 e. The second kappa shape index (κ2) is 8.26. The van der Waals surface area contributed by atoms with Crippen molar-refractivity contribution in [2.45, 2.75) is 33.7 Å². The Kier molecular flexibility index (Phi) is 5.77. The summed E-state index contributed by atoms with van der Waals surface area (Å²) in [5, 5.41) is 2.94. The molecule has 2 amide bonds. The van der Waals surface area contributed by atoms with Crippen LogP contribution in [0.4, 0.5) is 11.5 Å². The summed E-state index contributed by atoms with van der Waals surface area (Å²) < 4.78 is 1.36. The van der Waals surface area contributed by atoms with Gasteiger partial charge in [0.2, 0.25) is 17.6 Å². The summed E-state index contributed by atoms with van der Waals surface area (Å²) >= 11 is 0. The number of nitrogens with one attached hydrogen (secondary N) is 1. The summed E-state index contributed by atoms with van der Waals surface area (Å²) in [6, 6.07) is 12.9. The summed E-state index contributed by atoms with van der Waals surface area (Å²) in [7, 11) is 1.49. The number of aryl methyl sites for hydroxylation is 2. The number of hydrogen-bond donors (Lipinski definition) is 1. The molecular formula is C22H24N4O3. The zero-order valence-corrected chi connectivity index (χ0v) is 17.0. The Balaban J connectivity index is 2.04. The molecule has 0 fully saturated rings. The van der Waals surface area contributed by atoms with Gasteiger partial charge in [-0.25, -0.2) is 4.98 Å². The molecule has 0 saturated carbocycles. The van der Waals surface area contributed by atoms with Gasteiger partial charge in [-0.15, -0.1) is 0 Å². The molecule has 0 saturated heterocycles. The molecule has 1 aromatic heterocycles. The summed E-state index contributed by atoms with van der Waals surface area (Å²) in [4.78, 5) is 43.2. The second-order valence-electron chi connectivity index (χ2n) is 6.90. The molecule has 0 unspecified atom stereocenters. The maximum absolute atomic E-state index is 13.0. The number of aromatic nitrogens is 2. The van der Waals surface area contributed by atoms with E-state index in [2.05, 4.69) is 10.3 Å². The quantitative estimate of drug-likeness (QED) is 0.724. The van der Waals surface area contributed by atoms with Crippen LogP contribution >= 0.6 is 0 Å². The molecule has 7 heteroatoms. The molecule has 0 aliphatic heterocycles. The molecule has 0 aliphatic rings. The number of amides is 2. The molecule has 3 rings (SSSR count). The third kappa shape index (κ3) is 4.03. The van der Waals surface area contributed by atoms with Gasteiger partial charge in [-0.3, -0.25) is 23.9 Å². The first-order chi connectivity index (χ1) is 13.8. The van der Waals surface area contributed by atoms with Gasteiger partial charge in [-0.05, 0) is 36.6 Å². The number of anilines is 2. The molecular weight excluding hydrogens is 368 g/mol. The lowest BCUT2D eigenvalue weighted by molar-refractivity contribution is -0.117. The Bertz CT molecular complexity index is 1150. The summed E-state index contributed by atoms with van der Waals surface area (Å²) in [5.41, 5.74) is 3.34. The minimum atomic E-state index is -0.489. The van der Waals surface area contributed by atoms with Crippen LogP contribution in [0.1, 0.15) is 25.0 Å². The number of carbonyl (C=O) groups is 2. The van der Waals surface area contributed by atoms with Crippen LogP contribution in [0.2, 0.25) is 0 Å². The van der Waals surface area contributed by atoms with E-state index < -0.39 is 5.56 Å². The number of carbonyl (C=O) groups excluding carboxylic acids is 2. The number of hydrogen-bond acceptors (Lipinski definition) is 4. The number of benzene rings is 2. The predicted molar refractivity (Wildman–Crippen MR) is 114 cm³/mol. The highest BCUT2D eigenvalue weighted by molar-refractivity contribution is 5.94. The van der Waals surface area contributed by atoms with E-state index >= 15 is 0 Å². The first-order valence-corrected chi connectivity index (χ1v) is 9.45. The molecule has 1 heterocycles. The topological polar surface area (TPSA) is 84.3 Å². The van der Waals surface area contributed by atoms with E-state index in [1.807, 2.05) is 32.0 Å². The van der Waals surface area contributed by atoms with Gasteiger partial charge in [-0.1, -0.05) is 37.3 Å². The molecule has 7 nitrogen and oxygen atoms in total. The van der Waals surface area contributed by atoms with Crippen molar-refractivity contribution in [3.05, 3.63) is 63.9 Å². The third-order valence-corrected chi connectivity index (χ3v) is 4.93. The van der Waals surface area contributed by atoms with E-state index in [-0.39, 0.29) is 24.2 Å². The standard InChI is InChI=1S/C22H24N4O3/c1-5-16-10-8-9-14(2)20(16)24-19(28)13-26-18-12-7-6-11-17(18)23-21(22(26)29)25(4)15(3)27/h6-12H,5,13H2,1-4H3,(H,24,28). The van der Waals surface area contributed by atoms with Crippen LogP contribution < -0.4 is 15.8 Å². The van der Waals surface area contributed by atoms with Crippen molar-refractivity contribution < 1.29 is 9.59 Å². The van der Waals surface area contributed by atoms with Crippen molar-refractivity contribution in [3.63, 3.8) is 0 Å². The molecule has 29 heavy (non-hydrogen) atoms. The molecule has 0 atom stereocenters. The van der Waals surface area contributed by atoms with Gasteiger partial charge in [0.1, 0.15) is 6.54 Å². The third-order valence-electron chi connectivity index (χ3n) is 4.93. The largest absolute Gasteiger partial charge is 0.324 e. The lowest BCUT2D eigenvalue weighted by atomic mass is 10.1. The second-order valence-corrected chi connectivity index (χ2v) is 6.90. The number of para-hydroxylation sites is 3. The summed E-state index contributed by atoms with van der Waals surface area (Å²) in [5.74, 6) is -0.633. The monoisotopic (exact) mass is 392 g/mol. The van der Waals surface area contributed by atoms with Gasteiger partial charge in [0.05, 0.1) is 11.0 Å². The fourth-order valence-corrected chi connectivity index (χ4v) is 3.23. The highest BCUT2D eigenvalue weighted by Gasteiger charge is 2.19. The average Bonchev–Trinajstić information content (AvgIpc) is 2.70. The van der Waals surface area contributed by atoms with Crippen molar-refractivity contribution in [2.24, 2.45) is 0 Å². The van der Waals surface area contributed by atoms with Crippen LogP contribution in [-0.2, 0) is 22.6 Å². The van der Waals surface area contributed by atoms with Crippen LogP contribution in [0, 0.1) is 6.92 Å². The highest BCUT2D eigenvalue weighted by Crippen LogP contribution is 2.21. The molecule has 2 aromatic carbocycles. The zero-order valence-electron chi connectivity index (χ0n) is 17.0. The minimum Gasteiger partial charge on any atom is -0.324 e. The molecule has 0 spiro atoms. The summed E-state index contributed by atoms with van der Waals surface area (Å²) in [6.07, 6.45) is 0.781. The van der Waals surface area contributed by atoms with E-state index in [4.69, 9.17) is 0 Å². The fourth-order valence-electron chi connectivity index (χ4n) is 3.23. The van der Waals surface area contributed by atoms with Crippen molar-refractivity contribution >= 4 is 34.4 Å². The summed E-state index contributed by atoms with van der Waals surface area (Å²) in [6.45, 7) is 5.13. The van der Waals surface area contributed by atoms with Crippen LogP contribution in [-0.4, -0.2) is 28.4 Å². The van der Waals surface area contributed by atoms with Crippen molar-refractivity contribution in [2.75, 3.05) is 17.3 Å². The van der Waals surface area contributed by atoms with E-state index in [0.717, 1.165) is 23.2 Å².